The molecule has 0 saturated carbocycles. The van der Waals surface area contributed by atoms with Gasteiger partial charge in [-0.15, -0.1) is 12.4 Å². The SMILES string of the molecule is Cl.N[C@H](CCO)c1ccc(I)cc1. The number of benzene rings is 1. The second kappa shape index (κ2) is 6.59. The van der Waals surface area contributed by atoms with Gasteiger partial charge >= 0.3 is 0 Å². The molecule has 1 aromatic carbocycles. The van der Waals surface area contributed by atoms with Crippen molar-refractivity contribution in [3.05, 3.63) is 33.4 Å². The summed E-state index contributed by atoms with van der Waals surface area (Å²) in [5, 5.41) is 8.67. The minimum Gasteiger partial charge on any atom is -0.396 e. The van der Waals surface area contributed by atoms with Crippen LogP contribution in [0.3, 0.4) is 0 Å². The molecular formula is C9H13ClINO. The van der Waals surface area contributed by atoms with Gasteiger partial charge in [0.05, 0.1) is 0 Å². The molecule has 4 heteroatoms. The van der Waals surface area contributed by atoms with Crippen molar-refractivity contribution in [2.45, 2.75) is 12.5 Å². The van der Waals surface area contributed by atoms with E-state index in [0.717, 1.165) is 5.56 Å². The number of aliphatic hydroxyl groups is 1. The number of aliphatic hydroxyl groups excluding tert-OH is 1. The monoisotopic (exact) mass is 313 g/mol. The van der Waals surface area contributed by atoms with Gasteiger partial charge in [-0.3, -0.25) is 0 Å². The smallest absolute Gasteiger partial charge is 0.0449 e. The van der Waals surface area contributed by atoms with Crippen LogP contribution in [-0.4, -0.2) is 11.7 Å². The molecule has 0 aliphatic rings. The molecule has 0 heterocycles. The Kier molecular flexibility index (Phi) is 6.67. The molecule has 0 unspecified atom stereocenters. The van der Waals surface area contributed by atoms with Crippen LogP contribution in [0, 0.1) is 3.57 Å². The molecule has 1 atom stereocenters. The first-order valence-electron chi connectivity index (χ1n) is 3.86. The lowest BCUT2D eigenvalue weighted by Gasteiger charge is -2.09. The maximum atomic E-state index is 8.67. The van der Waals surface area contributed by atoms with E-state index >= 15 is 0 Å². The van der Waals surface area contributed by atoms with E-state index in [0.29, 0.717) is 6.42 Å². The van der Waals surface area contributed by atoms with Crippen LogP contribution in [0.25, 0.3) is 0 Å². The highest BCUT2D eigenvalue weighted by Crippen LogP contribution is 2.14. The van der Waals surface area contributed by atoms with Crippen molar-refractivity contribution >= 4 is 35.0 Å². The minimum atomic E-state index is -0.0352. The Morgan fingerprint density at radius 3 is 2.31 bits per heavy atom. The molecular weight excluding hydrogens is 300 g/mol. The second-order valence-corrected chi connectivity index (χ2v) is 3.92. The van der Waals surface area contributed by atoms with E-state index < -0.39 is 0 Å². The highest BCUT2D eigenvalue weighted by Gasteiger charge is 2.03. The van der Waals surface area contributed by atoms with Crippen LogP contribution in [-0.2, 0) is 0 Å². The van der Waals surface area contributed by atoms with E-state index in [1.807, 2.05) is 24.3 Å². The molecule has 1 aromatic rings. The Morgan fingerprint density at radius 1 is 1.31 bits per heavy atom. The summed E-state index contributed by atoms with van der Waals surface area (Å²) < 4.78 is 1.20. The molecule has 0 aliphatic carbocycles. The summed E-state index contributed by atoms with van der Waals surface area (Å²) >= 11 is 2.25. The summed E-state index contributed by atoms with van der Waals surface area (Å²) in [4.78, 5) is 0. The normalized spacial score (nSPS) is 11.9. The molecule has 0 radical (unpaired) electrons. The number of hydrogen-bond acceptors (Lipinski definition) is 2. The second-order valence-electron chi connectivity index (χ2n) is 2.67. The average molecular weight is 314 g/mol. The zero-order valence-corrected chi connectivity index (χ0v) is 10.1. The fourth-order valence-electron chi connectivity index (χ4n) is 1.02. The lowest BCUT2D eigenvalue weighted by molar-refractivity contribution is 0.276. The molecule has 0 amide bonds. The van der Waals surface area contributed by atoms with E-state index in [-0.39, 0.29) is 25.1 Å². The van der Waals surface area contributed by atoms with E-state index in [1.54, 1.807) is 0 Å². The van der Waals surface area contributed by atoms with Crippen LogP contribution >= 0.6 is 35.0 Å². The maximum Gasteiger partial charge on any atom is 0.0449 e. The molecule has 0 saturated heterocycles. The molecule has 13 heavy (non-hydrogen) atoms. The van der Waals surface area contributed by atoms with Crippen molar-refractivity contribution < 1.29 is 5.11 Å². The molecule has 1 rings (SSSR count). The Labute approximate surface area is 98.1 Å². The maximum absolute atomic E-state index is 8.67. The lowest BCUT2D eigenvalue weighted by atomic mass is 10.1. The fourth-order valence-corrected chi connectivity index (χ4v) is 1.38. The summed E-state index contributed by atoms with van der Waals surface area (Å²) in [5.74, 6) is 0. The van der Waals surface area contributed by atoms with Gasteiger partial charge in [0.2, 0.25) is 0 Å². The molecule has 2 nitrogen and oxygen atoms in total. The summed E-state index contributed by atoms with van der Waals surface area (Å²) in [6, 6.07) is 8.01. The van der Waals surface area contributed by atoms with Crippen LogP contribution in [0.1, 0.15) is 18.0 Å². The number of hydrogen-bond donors (Lipinski definition) is 2. The predicted octanol–water partition coefficient (Wildman–Crippen LogP) is 2.10. The van der Waals surface area contributed by atoms with Gasteiger partial charge in [-0.25, -0.2) is 0 Å². The molecule has 0 aromatic heterocycles. The third-order valence-electron chi connectivity index (χ3n) is 1.74. The van der Waals surface area contributed by atoms with Crippen LogP contribution < -0.4 is 5.73 Å². The standard InChI is InChI=1S/C9H12INO.ClH/c10-8-3-1-7(2-4-8)9(11)5-6-12;/h1-4,9,12H,5-6,11H2;1H/t9-;/m1./s1. The third-order valence-corrected chi connectivity index (χ3v) is 2.46. The lowest BCUT2D eigenvalue weighted by Crippen LogP contribution is -2.11. The highest BCUT2D eigenvalue weighted by molar-refractivity contribution is 14.1. The van der Waals surface area contributed by atoms with Crippen molar-refractivity contribution in [3.63, 3.8) is 0 Å². The van der Waals surface area contributed by atoms with Gasteiger partial charge in [0, 0.05) is 16.2 Å². The van der Waals surface area contributed by atoms with Gasteiger partial charge in [0.15, 0.2) is 0 Å². The number of nitrogens with two attached hydrogens (primary N) is 1. The summed E-state index contributed by atoms with van der Waals surface area (Å²) in [6.45, 7) is 0.146. The van der Waals surface area contributed by atoms with E-state index in [1.165, 1.54) is 3.57 Å². The fraction of sp³-hybridized carbons (Fsp3) is 0.333. The van der Waals surface area contributed by atoms with Crippen molar-refractivity contribution in [3.8, 4) is 0 Å². The first-order valence-corrected chi connectivity index (χ1v) is 4.94. The first kappa shape index (κ1) is 13.2. The van der Waals surface area contributed by atoms with Crippen molar-refractivity contribution in [1.82, 2.24) is 0 Å². The largest absolute Gasteiger partial charge is 0.396 e. The van der Waals surface area contributed by atoms with E-state index in [2.05, 4.69) is 22.6 Å². The van der Waals surface area contributed by atoms with Crippen molar-refractivity contribution in [1.29, 1.82) is 0 Å². The van der Waals surface area contributed by atoms with Crippen molar-refractivity contribution in [2.75, 3.05) is 6.61 Å². The molecule has 3 N–H and O–H groups in total. The third kappa shape index (κ3) is 4.26. The number of halogens is 2. The Hall–Kier alpha value is 0.160. The summed E-state index contributed by atoms with van der Waals surface area (Å²) in [5.41, 5.74) is 6.88. The van der Waals surface area contributed by atoms with Crippen LogP contribution in [0.2, 0.25) is 0 Å². The Balaban J connectivity index is 0.00000144. The van der Waals surface area contributed by atoms with E-state index in [9.17, 15) is 0 Å². The van der Waals surface area contributed by atoms with Crippen LogP contribution in [0.4, 0.5) is 0 Å². The van der Waals surface area contributed by atoms with Gasteiger partial charge in [-0.2, -0.15) is 0 Å². The van der Waals surface area contributed by atoms with Crippen LogP contribution in [0.15, 0.2) is 24.3 Å². The molecule has 0 spiro atoms. The highest BCUT2D eigenvalue weighted by atomic mass is 127. The van der Waals surface area contributed by atoms with E-state index in [4.69, 9.17) is 10.8 Å². The predicted molar refractivity (Wildman–Crippen MR) is 65.0 cm³/mol. The van der Waals surface area contributed by atoms with Gasteiger partial charge in [0.25, 0.3) is 0 Å². The summed E-state index contributed by atoms with van der Waals surface area (Å²) in [6.07, 6.45) is 0.626. The molecule has 0 bridgehead atoms. The topological polar surface area (TPSA) is 46.2 Å². The Bertz CT molecular complexity index is 240. The first-order chi connectivity index (χ1) is 5.74. The summed E-state index contributed by atoms with van der Waals surface area (Å²) in [7, 11) is 0. The molecule has 74 valence electrons. The van der Waals surface area contributed by atoms with Gasteiger partial charge < -0.3 is 10.8 Å². The van der Waals surface area contributed by atoms with Crippen molar-refractivity contribution in [2.24, 2.45) is 5.73 Å². The zero-order valence-electron chi connectivity index (χ0n) is 7.11. The Morgan fingerprint density at radius 2 is 1.85 bits per heavy atom. The molecule has 0 fully saturated rings. The zero-order chi connectivity index (χ0) is 8.97. The van der Waals surface area contributed by atoms with Gasteiger partial charge in [0.1, 0.15) is 0 Å². The minimum absolute atomic E-state index is 0. The molecule has 0 aliphatic heterocycles. The quantitative estimate of drug-likeness (QED) is 0.840. The average Bonchev–Trinajstić information content (AvgIpc) is 2.06. The number of rotatable bonds is 3. The van der Waals surface area contributed by atoms with Gasteiger partial charge in [-0.1, -0.05) is 12.1 Å². The van der Waals surface area contributed by atoms with Crippen LogP contribution in [0.5, 0.6) is 0 Å². The van der Waals surface area contributed by atoms with Gasteiger partial charge in [-0.05, 0) is 46.7 Å².